The summed E-state index contributed by atoms with van der Waals surface area (Å²) >= 11 is 0. The summed E-state index contributed by atoms with van der Waals surface area (Å²) in [5.74, 6) is 0.390. The van der Waals surface area contributed by atoms with Crippen LogP contribution in [0.4, 0.5) is 0 Å². The van der Waals surface area contributed by atoms with Crippen molar-refractivity contribution in [1.82, 2.24) is 0 Å². The molecule has 2 rings (SSSR count). The van der Waals surface area contributed by atoms with Gasteiger partial charge in [0.05, 0.1) is 0 Å². The van der Waals surface area contributed by atoms with Crippen molar-refractivity contribution >= 4 is 0 Å². The molecule has 0 radical (unpaired) electrons. The summed E-state index contributed by atoms with van der Waals surface area (Å²) in [6.07, 6.45) is 0. The van der Waals surface area contributed by atoms with Crippen molar-refractivity contribution in [2.24, 2.45) is 0 Å². The van der Waals surface area contributed by atoms with Gasteiger partial charge in [-0.2, -0.15) is 0 Å². The molecule has 0 aliphatic heterocycles. The average molecular weight is 244 g/mol. The van der Waals surface area contributed by atoms with Crippen LogP contribution in [0.5, 0.6) is 17.2 Å². The van der Waals surface area contributed by atoms with Crippen LogP contribution in [-0.4, -0.2) is 15.3 Å². The van der Waals surface area contributed by atoms with Gasteiger partial charge in [-0.1, -0.05) is 26.0 Å². The van der Waals surface area contributed by atoms with Gasteiger partial charge in [-0.25, -0.2) is 0 Å². The van der Waals surface area contributed by atoms with Gasteiger partial charge in [-0.05, 0) is 35.2 Å². The molecule has 0 heterocycles. The highest BCUT2D eigenvalue weighted by molar-refractivity contribution is 5.73. The van der Waals surface area contributed by atoms with E-state index < -0.39 is 0 Å². The predicted octanol–water partition coefficient (Wildman–Crippen LogP) is 3.59. The van der Waals surface area contributed by atoms with E-state index in [1.165, 1.54) is 6.07 Å². The monoisotopic (exact) mass is 244 g/mol. The minimum atomic E-state index is 0.00231. The molecule has 18 heavy (non-hydrogen) atoms. The maximum Gasteiger partial charge on any atom is 0.127 e. The first kappa shape index (κ1) is 12.3. The summed E-state index contributed by atoms with van der Waals surface area (Å²) in [7, 11) is 0. The summed E-state index contributed by atoms with van der Waals surface area (Å²) in [5.41, 5.74) is 2.09. The van der Waals surface area contributed by atoms with Gasteiger partial charge in [-0.15, -0.1) is 0 Å². The number of phenolic OH excluding ortho intramolecular Hbond substituents is 3. The van der Waals surface area contributed by atoms with Crippen molar-refractivity contribution in [3.63, 3.8) is 0 Å². The summed E-state index contributed by atoms with van der Waals surface area (Å²) < 4.78 is 0. The SMILES string of the molecule is CC(C)c1cc(-c2cccc(O)c2)c(O)cc1O. The Morgan fingerprint density at radius 2 is 1.61 bits per heavy atom. The Labute approximate surface area is 106 Å². The zero-order valence-corrected chi connectivity index (χ0v) is 10.4. The third-order valence-corrected chi connectivity index (χ3v) is 2.92. The second-order valence-electron chi connectivity index (χ2n) is 4.63. The minimum Gasteiger partial charge on any atom is -0.508 e. The van der Waals surface area contributed by atoms with Crippen LogP contribution in [0.2, 0.25) is 0 Å². The average Bonchev–Trinajstić information content (AvgIpc) is 2.28. The van der Waals surface area contributed by atoms with E-state index in [-0.39, 0.29) is 23.2 Å². The van der Waals surface area contributed by atoms with Crippen LogP contribution in [0.1, 0.15) is 25.3 Å². The Bertz CT molecular complexity index is 574. The fraction of sp³-hybridized carbons (Fsp3) is 0.200. The topological polar surface area (TPSA) is 60.7 Å². The molecule has 0 saturated heterocycles. The van der Waals surface area contributed by atoms with Gasteiger partial charge < -0.3 is 15.3 Å². The molecule has 0 fully saturated rings. The number of hydrogen-bond donors (Lipinski definition) is 3. The second kappa shape index (κ2) is 4.61. The largest absolute Gasteiger partial charge is 0.508 e. The lowest BCUT2D eigenvalue weighted by molar-refractivity contribution is 0.445. The van der Waals surface area contributed by atoms with Gasteiger partial charge in [0.2, 0.25) is 0 Å². The highest BCUT2D eigenvalue weighted by Gasteiger charge is 2.13. The first-order chi connectivity index (χ1) is 8.49. The molecule has 0 atom stereocenters. The third-order valence-electron chi connectivity index (χ3n) is 2.92. The molecule has 2 aromatic carbocycles. The quantitative estimate of drug-likeness (QED) is 0.756. The van der Waals surface area contributed by atoms with Gasteiger partial charge in [0.1, 0.15) is 17.2 Å². The van der Waals surface area contributed by atoms with E-state index in [4.69, 9.17) is 0 Å². The number of rotatable bonds is 2. The van der Waals surface area contributed by atoms with E-state index in [0.717, 1.165) is 11.1 Å². The molecule has 0 saturated carbocycles. The Morgan fingerprint density at radius 3 is 2.22 bits per heavy atom. The highest BCUT2D eigenvalue weighted by Crippen LogP contribution is 2.38. The third kappa shape index (κ3) is 2.25. The zero-order valence-electron chi connectivity index (χ0n) is 10.4. The minimum absolute atomic E-state index is 0.00231. The summed E-state index contributed by atoms with van der Waals surface area (Å²) in [4.78, 5) is 0. The smallest absolute Gasteiger partial charge is 0.127 e. The van der Waals surface area contributed by atoms with Gasteiger partial charge >= 0.3 is 0 Å². The molecule has 94 valence electrons. The summed E-state index contributed by atoms with van der Waals surface area (Å²) in [5, 5.41) is 29.1. The predicted molar refractivity (Wildman–Crippen MR) is 71.0 cm³/mol. The molecule has 3 nitrogen and oxygen atoms in total. The Kier molecular flexibility index (Phi) is 3.15. The lowest BCUT2D eigenvalue weighted by Crippen LogP contribution is -1.90. The van der Waals surface area contributed by atoms with Crippen LogP contribution < -0.4 is 0 Å². The van der Waals surface area contributed by atoms with Crippen LogP contribution in [-0.2, 0) is 0 Å². The van der Waals surface area contributed by atoms with Crippen LogP contribution in [0.3, 0.4) is 0 Å². The first-order valence-electron chi connectivity index (χ1n) is 5.84. The van der Waals surface area contributed by atoms with E-state index in [1.54, 1.807) is 30.3 Å². The van der Waals surface area contributed by atoms with E-state index in [0.29, 0.717) is 5.56 Å². The molecule has 3 heteroatoms. The van der Waals surface area contributed by atoms with E-state index >= 15 is 0 Å². The number of benzene rings is 2. The van der Waals surface area contributed by atoms with Gasteiger partial charge in [0, 0.05) is 11.6 Å². The fourth-order valence-electron chi connectivity index (χ4n) is 1.96. The van der Waals surface area contributed by atoms with Gasteiger partial charge in [0.15, 0.2) is 0 Å². The molecular formula is C15H16O3. The van der Waals surface area contributed by atoms with Crippen LogP contribution in [0, 0.1) is 0 Å². The van der Waals surface area contributed by atoms with Crippen molar-refractivity contribution in [2.45, 2.75) is 19.8 Å². The molecule has 0 bridgehead atoms. The van der Waals surface area contributed by atoms with Crippen molar-refractivity contribution in [3.05, 3.63) is 42.0 Å². The Morgan fingerprint density at radius 1 is 0.889 bits per heavy atom. The Hall–Kier alpha value is -2.16. The van der Waals surface area contributed by atoms with E-state index in [2.05, 4.69) is 0 Å². The van der Waals surface area contributed by atoms with Crippen LogP contribution in [0.25, 0.3) is 11.1 Å². The second-order valence-corrected chi connectivity index (χ2v) is 4.63. The zero-order chi connectivity index (χ0) is 13.3. The van der Waals surface area contributed by atoms with Crippen molar-refractivity contribution in [2.75, 3.05) is 0 Å². The van der Waals surface area contributed by atoms with E-state index in [1.807, 2.05) is 13.8 Å². The molecule has 0 aliphatic carbocycles. The first-order valence-corrected chi connectivity index (χ1v) is 5.84. The highest BCUT2D eigenvalue weighted by atomic mass is 16.3. The van der Waals surface area contributed by atoms with Crippen LogP contribution >= 0.6 is 0 Å². The van der Waals surface area contributed by atoms with Crippen molar-refractivity contribution in [1.29, 1.82) is 0 Å². The molecule has 0 spiro atoms. The lowest BCUT2D eigenvalue weighted by atomic mass is 9.95. The van der Waals surface area contributed by atoms with Gasteiger partial charge in [0.25, 0.3) is 0 Å². The normalized spacial score (nSPS) is 10.8. The van der Waals surface area contributed by atoms with Crippen LogP contribution in [0.15, 0.2) is 36.4 Å². The molecule has 0 aliphatic rings. The molecule has 0 aromatic heterocycles. The number of aromatic hydroxyl groups is 3. The lowest BCUT2D eigenvalue weighted by Gasteiger charge is -2.13. The van der Waals surface area contributed by atoms with E-state index in [9.17, 15) is 15.3 Å². The molecule has 0 unspecified atom stereocenters. The summed E-state index contributed by atoms with van der Waals surface area (Å²) in [6, 6.07) is 9.77. The van der Waals surface area contributed by atoms with Gasteiger partial charge in [-0.3, -0.25) is 0 Å². The molecule has 3 N–H and O–H groups in total. The molecular weight excluding hydrogens is 228 g/mol. The fourth-order valence-corrected chi connectivity index (χ4v) is 1.96. The van der Waals surface area contributed by atoms with Crippen molar-refractivity contribution in [3.8, 4) is 28.4 Å². The number of phenols is 3. The molecule has 0 amide bonds. The summed E-state index contributed by atoms with van der Waals surface area (Å²) in [6.45, 7) is 3.94. The number of hydrogen-bond acceptors (Lipinski definition) is 3. The maximum absolute atomic E-state index is 9.90. The molecule has 2 aromatic rings. The standard InChI is InChI=1S/C15H16O3/c1-9(2)12-7-13(15(18)8-14(12)17)10-4-3-5-11(16)6-10/h3-9,16-18H,1-2H3. The Balaban J connectivity index is 2.60. The maximum atomic E-state index is 9.90. The van der Waals surface area contributed by atoms with Crippen molar-refractivity contribution < 1.29 is 15.3 Å².